The smallest absolute Gasteiger partial charge is 0.222 e. The van der Waals surface area contributed by atoms with Crippen LogP contribution in [0, 0.1) is 0 Å². The fourth-order valence-electron chi connectivity index (χ4n) is 2.63. The third-order valence-electron chi connectivity index (χ3n) is 3.93. The van der Waals surface area contributed by atoms with E-state index >= 15 is 0 Å². The van der Waals surface area contributed by atoms with Crippen molar-refractivity contribution in [2.24, 2.45) is 0 Å². The van der Waals surface area contributed by atoms with Crippen molar-refractivity contribution in [3.63, 3.8) is 0 Å². The number of rotatable bonds is 6. The Morgan fingerprint density at radius 2 is 2.26 bits per heavy atom. The summed E-state index contributed by atoms with van der Waals surface area (Å²) in [4.78, 5) is 11.8. The first-order valence-corrected chi connectivity index (χ1v) is 8.39. The number of ether oxygens (including phenoxy) is 1. The summed E-state index contributed by atoms with van der Waals surface area (Å²) in [5.74, 6) is 1.35. The highest BCUT2D eigenvalue weighted by Crippen LogP contribution is 2.36. The lowest BCUT2D eigenvalue weighted by Gasteiger charge is -2.24. The largest absolute Gasteiger partial charge is 0.378 e. The zero-order valence-electron chi connectivity index (χ0n) is 11.9. The molecule has 2 aliphatic rings. The van der Waals surface area contributed by atoms with Gasteiger partial charge in [-0.15, -0.1) is 0 Å². The van der Waals surface area contributed by atoms with Gasteiger partial charge in [-0.2, -0.15) is 11.8 Å². The second kappa shape index (κ2) is 7.50. The van der Waals surface area contributed by atoms with Crippen molar-refractivity contribution in [3.05, 3.63) is 0 Å². The fraction of sp³-hybridized carbons (Fsp3) is 0.929. The summed E-state index contributed by atoms with van der Waals surface area (Å²) in [7, 11) is 0. The minimum absolute atomic E-state index is 0.127. The third-order valence-corrected chi connectivity index (χ3v) is 5.47. The molecule has 1 atom stereocenters. The molecule has 1 amide bonds. The number of hydrogen-bond acceptors (Lipinski definition) is 4. The molecule has 5 heteroatoms. The number of hydrogen-bond donors (Lipinski definition) is 2. The number of thioether (sulfide) groups is 1. The van der Waals surface area contributed by atoms with Gasteiger partial charge in [0, 0.05) is 17.7 Å². The summed E-state index contributed by atoms with van der Waals surface area (Å²) in [6.07, 6.45) is 5.45. The van der Waals surface area contributed by atoms with E-state index in [-0.39, 0.29) is 10.7 Å². The molecule has 2 heterocycles. The van der Waals surface area contributed by atoms with Gasteiger partial charge in [0.1, 0.15) is 0 Å². The summed E-state index contributed by atoms with van der Waals surface area (Å²) in [5, 5.41) is 6.36. The molecule has 0 aromatic carbocycles. The lowest BCUT2D eigenvalue weighted by Crippen LogP contribution is -2.37. The van der Waals surface area contributed by atoms with Crippen molar-refractivity contribution in [1.29, 1.82) is 0 Å². The van der Waals surface area contributed by atoms with Gasteiger partial charge in [0.25, 0.3) is 0 Å². The highest BCUT2D eigenvalue weighted by molar-refractivity contribution is 8.00. The van der Waals surface area contributed by atoms with Crippen LogP contribution in [0.4, 0.5) is 0 Å². The third kappa shape index (κ3) is 5.32. The number of amides is 1. The Morgan fingerprint density at radius 1 is 1.47 bits per heavy atom. The molecule has 0 aromatic heterocycles. The average Bonchev–Trinajstić information content (AvgIpc) is 2.85. The molecule has 0 radical (unpaired) electrons. The molecule has 4 nitrogen and oxygen atoms in total. The highest BCUT2D eigenvalue weighted by Gasteiger charge is 2.29. The Hall–Kier alpha value is -0.260. The highest BCUT2D eigenvalue weighted by atomic mass is 32.2. The first-order chi connectivity index (χ1) is 9.18. The molecule has 19 heavy (non-hydrogen) atoms. The Kier molecular flexibility index (Phi) is 5.98. The first kappa shape index (κ1) is 15.1. The van der Waals surface area contributed by atoms with Crippen LogP contribution >= 0.6 is 11.8 Å². The molecule has 2 N–H and O–H groups in total. The standard InChI is InChI=1S/C14H26N2O2S/c1-14(6-2-10-19-14)11-16-13(17)5-9-18-12-3-7-15-8-4-12/h12,15H,2-11H2,1H3,(H,16,17). The van der Waals surface area contributed by atoms with Crippen molar-refractivity contribution < 1.29 is 9.53 Å². The van der Waals surface area contributed by atoms with Crippen LogP contribution in [0.2, 0.25) is 0 Å². The van der Waals surface area contributed by atoms with Gasteiger partial charge in [0.2, 0.25) is 5.91 Å². The van der Waals surface area contributed by atoms with Crippen LogP contribution in [0.25, 0.3) is 0 Å². The minimum atomic E-state index is 0.127. The normalized spacial score (nSPS) is 28.5. The maximum absolute atomic E-state index is 11.8. The molecule has 1 unspecified atom stereocenters. The lowest BCUT2D eigenvalue weighted by molar-refractivity contribution is -0.122. The molecule has 2 saturated heterocycles. The van der Waals surface area contributed by atoms with E-state index in [0.29, 0.717) is 19.1 Å². The van der Waals surface area contributed by atoms with E-state index in [4.69, 9.17) is 4.74 Å². The van der Waals surface area contributed by atoms with Gasteiger partial charge < -0.3 is 15.4 Å². The van der Waals surface area contributed by atoms with E-state index in [1.807, 2.05) is 11.8 Å². The second-order valence-electron chi connectivity index (χ2n) is 5.75. The van der Waals surface area contributed by atoms with Crippen LogP contribution < -0.4 is 10.6 Å². The molecule has 0 spiro atoms. The van der Waals surface area contributed by atoms with Crippen molar-refractivity contribution in [1.82, 2.24) is 10.6 Å². The molecule has 2 fully saturated rings. The van der Waals surface area contributed by atoms with Gasteiger partial charge >= 0.3 is 0 Å². The summed E-state index contributed by atoms with van der Waals surface area (Å²) in [6.45, 7) is 5.67. The Labute approximate surface area is 120 Å². The SMILES string of the molecule is CC1(CNC(=O)CCOC2CCNCC2)CCCS1. The van der Waals surface area contributed by atoms with Crippen LogP contribution in [-0.4, -0.2) is 48.8 Å². The molecule has 110 valence electrons. The lowest BCUT2D eigenvalue weighted by atomic mass is 10.1. The molecule has 0 saturated carbocycles. The molecular formula is C14H26N2O2S. The minimum Gasteiger partial charge on any atom is -0.378 e. The maximum Gasteiger partial charge on any atom is 0.222 e. The first-order valence-electron chi connectivity index (χ1n) is 7.41. The zero-order chi connectivity index (χ0) is 13.6. The molecular weight excluding hydrogens is 260 g/mol. The average molecular weight is 286 g/mol. The van der Waals surface area contributed by atoms with Crippen LogP contribution in [0.15, 0.2) is 0 Å². The number of carbonyl (C=O) groups is 1. The summed E-state index contributed by atoms with van der Waals surface area (Å²) in [6, 6.07) is 0. The van der Waals surface area contributed by atoms with E-state index in [0.717, 1.165) is 32.5 Å². The van der Waals surface area contributed by atoms with Crippen molar-refractivity contribution >= 4 is 17.7 Å². The Morgan fingerprint density at radius 3 is 2.95 bits per heavy atom. The molecule has 0 aromatic rings. The Bertz CT molecular complexity index is 287. The topological polar surface area (TPSA) is 50.4 Å². The van der Waals surface area contributed by atoms with Gasteiger partial charge in [-0.3, -0.25) is 4.79 Å². The molecule has 2 rings (SSSR count). The zero-order valence-corrected chi connectivity index (χ0v) is 12.7. The summed E-state index contributed by atoms with van der Waals surface area (Å²) in [5.41, 5.74) is 0. The van der Waals surface area contributed by atoms with Crippen molar-refractivity contribution in [2.75, 3.05) is 32.0 Å². The van der Waals surface area contributed by atoms with Crippen LogP contribution in [-0.2, 0) is 9.53 Å². The Balaban J connectivity index is 1.54. The van der Waals surface area contributed by atoms with E-state index < -0.39 is 0 Å². The van der Waals surface area contributed by atoms with E-state index in [9.17, 15) is 4.79 Å². The maximum atomic E-state index is 11.8. The van der Waals surface area contributed by atoms with Crippen molar-refractivity contribution in [3.8, 4) is 0 Å². The summed E-state index contributed by atoms with van der Waals surface area (Å²) < 4.78 is 6.00. The van der Waals surface area contributed by atoms with Gasteiger partial charge in [0.05, 0.1) is 12.7 Å². The monoisotopic (exact) mass is 286 g/mol. The second-order valence-corrected chi connectivity index (χ2v) is 7.43. The molecule has 0 aliphatic carbocycles. The predicted octanol–water partition coefficient (Wildman–Crippen LogP) is 1.55. The summed E-state index contributed by atoms with van der Waals surface area (Å²) >= 11 is 1.98. The van der Waals surface area contributed by atoms with Crippen molar-refractivity contribution in [2.45, 2.75) is 49.9 Å². The van der Waals surface area contributed by atoms with E-state index in [1.54, 1.807) is 0 Å². The number of piperidine rings is 1. The van der Waals surface area contributed by atoms with Gasteiger partial charge in [-0.25, -0.2) is 0 Å². The van der Waals surface area contributed by atoms with Crippen LogP contribution in [0.5, 0.6) is 0 Å². The van der Waals surface area contributed by atoms with Gasteiger partial charge in [0.15, 0.2) is 0 Å². The quantitative estimate of drug-likeness (QED) is 0.778. The van der Waals surface area contributed by atoms with Gasteiger partial charge in [-0.05, 0) is 51.4 Å². The predicted molar refractivity (Wildman–Crippen MR) is 79.6 cm³/mol. The number of nitrogens with one attached hydrogen (secondary N) is 2. The fourth-order valence-corrected chi connectivity index (χ4v) is 3.87. The van der Waals surface area contributed by atoms with Crippen LogP contribution in [0.1, 0.15) is 39.0 Å². The molecule has 2 aliphatic heterocycles. The number of carbonyl (C=O) groups excluding carboxylic acids is 1. The molecule has 0 bridgehead atoms. The van der Waals surface area contributed by atoms with E-state index in [1.165, 1.54) is 18.6 Å². The van der Waals surface area contributed by atoms with Crippen LogP contribution in [0.3, 0.4) is 0 Å². The van der Waals surface area contributed by atoms with E-state index in [2.05, 4.69) is 17.6 Å². The van der Waals surface area contributed by atoms with Gasteiger partial charge in [-0.1, -0.05) is 0 Å².